The average molecular weight is 240 g/mol. The van der Waals surface area contributed by atoms with E-state index in [1.54, 1.807) is 7.11 Å². The zero-order chi connectivity index (χ0) is 11.5. The van der Waals surface area contributed by atoms with Crippen LogP contribution in [-0.4, -0.2) is 13.2 Å². The van der Waals surface area contributed by atoms with E-state index in [9.17, 15) is 0 Å². The first-order chi connectivity index (χ1) is 7.70. The van der Waals surface area contributed by atoms with Gasteiger partial charge in [0.2, 0.25) is 0 Å². The van der Waals surface area contributed by atoms with Crippen molar-refractivity contribution in [3.05, 3.63) is 28.8 Å². The first kappa shape index (κ1) is 11.7. The molecule has 1 saturated carbocycles. The Labute approximate surface area is 102 Å². The van der Waals surface area contributed by atoms with Gasteiger partial charge in [-0.05, 0) is 49.3 Å². The van der Waals surface area contributed by atoms with Crippen LogP contribution in [0.15, 0.2) is 18.2 Å². The van der Waals surface area contributed by atoms with Crippen molar-refractivity contribution in [1.82, 2.24) is 0 Å². The van der Waals surface area contributed by atoms with Gasteiger partial charge in [0.1, 0.15) is 5.75 Å². The molecule has 0 aromatic heterocycles. The number of halogens is 1. The van der Waals surface area contributed by atoms with Gasteiger partial charge in [0.15, 0.2) is 0 Å². The van der Waals surface area contributed by atoms with E-state index in [4.69, 9.17) is 22.1 Å². The molecular formula is C13H18ClNO. The Bertz CT molecular complexity index is 359. The van der Waals surface area contributed by atoms with Gasteiger partial charge in [-0.2, -0.15) is 0 Å². The highest BCUT2D eigenvalue weighted by Gasteiger charge is 2.20. The van der Waals surface area contributed by atoms with Crippen molar-refractivity contribution >= 4 is 11.6 Å². The number of ether oxygens (including phenoxy) is 1. The molecule has 1 fully saturated rings. The van der Waals surface area contributed by atoms with Gasteiger partial charge < -0.3 is 10.5 Å². The van der Waals surface area contributed by atoms with Crippen molar-refractivity contribution in [3.63, 3.8) is 0 Å². The quantitative estimate of drug-likeness (QED) is 0.859. The van der Waals surface area contributed by atoms with E-state index in [2.05, 4.69) is 6.07 Å². The summed E-state index contributed by atoms with van der Waals surface area (Å²) in [6, 6.07) is 6.49. The molecule has 1 aromatic rings. The minimum Gasteiger partial charge on any atom is -0.495 e. The second-order valence-electron chi connectivity index (χ2n) is 4.51. The minimum absolute atomic E-state index is 0.393. The predicted octanol–water partition coefficient (Wildman–Crippen LogP) is 3.33. The number of hydrogen-bond donors (Lipinski definition) is 1. The summed E-state index contributed by atoms with van der Waals surface area (Å²) in [6.07, 6.45) is 4.58. The molecule has 2 N–H and O–H groups in total. The average Bonchev–Trinajstić information content (AvgIpc) is 2.30. The molecule has 0 spiro atoms. The minimum atomic E-state index is 0.393. The van der Waals surface area contributed by atoms with Crippen LogP contribution in [0.2, 0.25) is 5.02 Å². The van der Waals surface area contributed by atoms with Crippen molar-refractivity contribution in [2.75, 3.05) is 7.11 Å². The molecule has 88 valence electrons. The Morgan fingerprint density at radius 3 is 2.50 bits per heavy atom. The third-order valence-corrected chi connectivity index (χ3v) is 3.71. The third-order valence-electron chi connectivity index (χ3n) is 3.42. The fourth-order valence-electron chi connectivity index (χ4n) is 2.39. The molecule has 1 aliphatic carbocycles. The van der Waals surface area contributed by atoms with Crippen molar-refractivity contribution in [1.29, 1.82) is 0 Å². The van der Waals surface area contributed by atoms with E-state index in [0.29, 0.717) is 17.0 Å². The van der Waals surface area contributed by atoms with Gasteiger partial charge in [-0.25, -0.2) is 0 Å². The lowest BCUT2D eigenvalue weighted by Gasteiger charge is -2.26. The number of methoxy groups -OCH3 is 1. The van der Waals surface area contributed by atoms with Crippen LogP contribution >= 0.6 is 11.6 Å². The summed E-state index contributed by atoms with van der Waals surface area (Å²) < 4.78 is 5.15. The smallest absolute Gasteiger partial charge is 0.137 e. The number of nitrogens with two attached hydrogens (primary N) is 1. The van der Waals surface area contributed by atoms with Gasteiger partial charge in [-0.1, -0.05) is 17.7 Å². The molecule has 0 amide bonds. The second kappa shape index (κ2) is 5.07. The van der Waals surface area contributed by atoms with E-state index < -0.39 is 0 Å². The molecule has 0 saturated heterocycles. The van der Waals surface area contributed by atoms with Crippen LogP contribution in [0.3, 0.4) is 0 Å². The maximum absolute atomic E-state index is 6.13. The molecule has 0 radical (unpaired) electrons. The van der Waals surface area contributed by atoms with E-state index in [1.165, 1.54) is 18.4 Å². The van der Waals surface area contributed by atoms with Gasteiger partial charge in [-0.3, -0.25) is 0 Å². The molecular weight excluding hydrogens is 222 g/mol. The van der Waals surface area contributed by atoms with Crippen LogP contribution in [0.1, 0.15) is 37.2 Å². The maximum atomic E-state index is 6.13. The summed E-state index contributed by atoms with van der Waals surface area (Å²) in [6.45, 7) is 0. The molecule has 1 aliphatic rings. The molecule has 0 unspecified atom stereocenters. The fourth-order valence-corrected chi connectivity index (χ4v) is 2.66. The van der Waals surface area contributed by atoms with Gasteiger partial charge in [0.05, 0.1) is 12.1 Å². The fraction of sp³-hybridized carbons (Fsp3) is 0.538. The van der Waals surface area contributed by atoms with Crippen LogP contribution in [0, 0.1) is 0 Å². The Kier molecular flexibility index (Phi) is 3.72. The Morgan fingerprint density at radius 1 is 1.25 bits per heavy atom. The summed E-state index contributed by atoms with van der Waals surface area (Å²) in [4.78, 5) is 0. The van der Waals surface area contributed by atoms with Crippen LogP contribution in [0.4, 0.5) is 0 Å². The van der Waals surface area contributed by atoms with Crippen molar-refractivity contribution < 1.29 is 4.74 Å². The Morgan fingerprint density at radius 2 is 1.94 bits per heavy atom. The molecule has 16 heavy (non-hydrogen) atoms. The molecule has 0 atom stereocenters. The summed E-state index contributed by atoms with van der Waals surface area (Å²) in [7, 11) is 1.64. The lowest BCUT2D eigenvalue weighted by molar-refractivity contribution is 0.394. The first-order valence-electron chi connectivity index (χ1n) is 5.79. The van der Waals surface area contributed by atoms with E-state index >= 15 is 0 Å². The van der Waals surface area contributed by atoms with Gasteiger partial charge >= 0.3 is 0 Å². The molecule has 0 heterocycles. The highest BCUT2D eigenvalue weighted by Crippen LogP contribution is 2.35. The molecule has 2 rings (SSSR count). The summed E-state index contributed by atoms with van der Waals surface area (Å²) in [5.41, 5.74) is 7.22. The zero-order valence-electron chi connectivity index (χ0n) is 9.58. The molecule has 1 aromatic carbocycles. The monoisotopic (exact) mass is 239 g/mol. The summed E-state index contributed by atoms with van der Waals surface area (Å²) in [5.74, 6) is 1.36. The Hall–Kier alpha value is -0.730. The van der Waals surface area contributed by atoms with Crippen molar-refractivity contribution in [2.45, 2.75) is 37.6 Å². The molecule has 0 bridgehead atoms. The summed E-state index contributed by atoms with van der Waals surface area (Å²) >= 11 is 6.13. The molecule has 0 aliphatic heterocycles. The van der Waals surface area contributed by atoms with Gasteiger partial charge in [0, 0.05) is 6.04 Å². The SMILES string of the molecule is COc1ccc(C2CCC(N)CC2)cc1Cl. The zero-order valence-corrected chi connectivity index (χ0v) is 10.3. The molecule has 3 heteroatoms. The highest BCUT2D eigenvalue weighted by molar-refractivity contribution is 6.32. The normalized spacial score (nSPS) is 25.4. The number of rotatable bonds is 2. The van der Waals surface area contributed by atoms with E-state index in [1.807, 2.05) is 12.1 Å². The van der Waals surface area contributed by atoms with Crippen LogP contribution in [0.25, 0.3) is 0 Å². The number of benzene rings is 1. The van der Waals surface area contributed by atoms with Crippen molar-refractivity contribution in [3.8, 4) is 5.75 Å². The van der Waals surface area contributed by atoms with Crippen LogP contribution in [-0.2, 0) is 0 Å². The summed E-state index contributed by atoms with van der Waals surface area (Å²) in [5, 5.41) is 0.704. The van der Waals surface area contributed by atoms with E-state index in [-0.39, 0.29) is 0 Å². The van der Waals surface area contributed by atoms with E-state index in [0.717, 1.165) is 18.6 Å². The number of hydrogen-bond acceptors (Lipinski definition) is 2. The predicted molar refractivity (Wildman–Crippen MR) is 67.2 cm³/mol. The standard InChI is InChI=1S/C13H18ClNO/c1-16-13-7-4-10(8-12(13)14)9-2-5-11(15)6-3-9/h4,7-9,11H,2-3,5-6,15H2,1H3. The largest absolute Gasteiger partial charge is 0.495 e. The Balaban J connectivity index is 2.12. The second-order valence-corrected chi connectivity index (χ2v) is 4.91. The van der Waals surface area contributed by atoms with Gasteiger partial charge in [-0.15, -0.1) is 0 Å². The van der Waals surface area contributed by atoms with Crippen molar-refractivity contribution in [2.24, 2.45) is 5.73 Å². The lowest BCUT2D eigenvalue weighted by Crippen LogP contribution is -2.25. The molecule has 2 nitrogen and oxygen atoms in total. The van der Waals surface area contributed by atoms with Crippen LogP contribution in [0.5, 0.6) is 5.75 Å². The lowest BCUT2D eigenvalue weighted by atomic mass is 9.82. The topological polar surface area (TPSA) is 35.2 Å². The highest BCUT2D eigenvalue weighted by atomic mass is 35.5. The third kappa shape index (κ3) is 2.50. The van der Waals surface area contributed by atoms with Crippen LogP contribution < -0.4 is 10.5 Å². The maximum Gasteiger partial charge on any atom is 0.137 e. The van der Waals surface area contributed by atoms with Gasteiger partial charge in [0.25, 0.3) is 0 Å². The first-order valence-corrected chi connectivity index (χ1v) is 6.17.